The summed E-state index contributed by atoms with van der Waals surface area (Å²) in [5, 5.41) is 2.10. The van der Waals surface area contributed by atoms with E-state index < -0.39 is 17.4 Å². The van der Waals surface area contributed by atoms with E-state index in [0.29, 0.717) is 13.2 Å². The van der Waals surface area contributed by atoms with Crippen LogP contribution in [0.15, 0.2) is 54.6 Å². The van der Waals surface area contributed by atoms with Crippen molar-refractivity contribution in [3.05, 3.63) is 54.6 Å². The molecule has 0 saturated carbocycles. The van der Waals surface area contributed by atoms with E-state index >= 15 is 0 Å². The Labute approximate surface area is 151 Å². The Morgan fingerprint density at radius 2 is 2.08 bits per heavy atom. The minimum absolute atomic E-state index is 0.0637. The van der Waals surface area contributed by atoms with Crippen LogP contribution in [-0.2, 0) is 19.1 Å². The number of hydrogen-bond donors (Lipinski definition) is 0. The quantitative estimate of drug-likeness (QED) is 0.631. The zero-order valence-electron chi connectivity index (χ0n) is 14.4. The molecule has 5 rings (SSSR count). The maximum atomic E-state index is 13.3. The lowest BCUT2D eigenvalue weighted by Crippen LogP contribution is -2.40. The predicted octanol–water partition coefficient (Wildman–Crippen LogP) is 2.69. The number of hydrogen-bond acceptors (Lipinski definition) is 4. The highest BCUT2D eigenvalue weighted by atomic mass is 16.6. The number of ether oxygens (including phenoxy) is 2. The number of esters is 1. The summed E-state index contributed by atoms with van der Waals surface area (Å²) >= 11 is 0. The smallest absolute Gasteiger partial charge is 0.312 e. The first-order valence-corrected chi connectivity index (χ1v) is 8.97. The van der Waals surface area contributed by atoms with Crippen molar-refractivity contribution in [3.63, 3.8) is 0 Å². The van der Waals surface area contributed by atoms with Crippen LogP contribution in [0.4, 0.5) is 5.69 Å². The molecule has 0 radical (unpaired) electrons. The van der Waals surface area contributed by atoms with Crippen molar-refractivity contribution in [3.8, 4) is 0 Å². The van der Waals surface area contributed by atoms with Crippen LogP contribution in [0.5, 0.6) is 0 Å². The number of carbonyl (C=O) groups is 2. The van der Waals surface area contributed by atoms with Crippen molar-refractivity contribution in [1.82, 2.24) is 0 Å². The van der Waals surface area contributed by atoms with Crippen LogP contribution in [0.25, 0.3) is 10.8 Å². The third-order valence-corrected chi connectivity index (χ3v) is 5.72. The van der Waals surface area contributed by atoms with Gasteiger partial charge in [-0.15, -0.1) is 0 Å². The number of nitrogens with zero attached hydrogens (tertiary/aromatic N) is 1. The molecule has 3 aliphatic rings. The largest absolute Gasteiger partial charge is 0.466 e. The maximum Gasteiger partial charge on any atom is 0.312 e. The molecule has 0 N–H and O–H groups in total. The first-order chi connectivity index (χ1) is 12.6. The molecule has 2 saturated heterocycles. The number of carbonyl (C=O) groups excluding carboxylic acids is 2. The molecule has 2 aromatic rings. The second kappa shape index (κ2) is 5.42. The van der Waals surface area contributed by atoms with Gasteiger partial charge in [0, 0.05) is 5.39 Å². The molecule has 132 valence electrons. The number of anilines is 1. The highest BCUT2D eigenvalue weighted by Crippen LogP contribution is 2.53. The average molecular weight is 349 g/mol. The second-order valence-corrected chi connectivity index (χ2v) is 7.07. The van der Waals surface area contributed by atoms with Crippen molar-refractivity contribution in [2.24, 2.45) is 11.8 Å². The molecule has 0 aliphatic carbocycles. The predicted molar refractivity (Wildman–Crippen MR) is 96.7 cm³/mol. The van der Waals surface area contributed by atoms with E-state index in [0.717, 1.165) is 16.5 Å². The van der Waals surface area contributed by atoms with Gasteiger partial charge in [-0.25, -0.2) is 0 Å². The molecule has 0 unspecified atom stereocenters. The molecule has 5 nitrogen and oxygen atoms in total. The molecular weight excluding hydrogens is 330 g/mol. The molecule has 26 heavy (non-hydrogen) atoms. The fraction of sp³-hybridized carbons (Fsp3) is 0.333. The minimum Gasteiger partial charge on any atom is -0.466 e. The van der Waals surface area contributed by atoms with Crippen molar-refractivity contribution >= 4 is 28.3 Å². The van der Waals surface area contributed by atoms with Crippen molar-refractivity contribution < 1.29 is 19.1 Å². The molecule has 3 heterocycles. The Kier molecular flexibility index (Phi) is 3.25. The van der Waals surface area contributed by atoms with Crippen molar-refractivity contribution in [2.75, 3.05) is 18.1 Å². The first kappa shape index (κ1) is 15.6. The molecule has 2 aromatic carbocycles. The number of amides is 1. The van der Waals surface area contributed by atoms with Crippen LogP contribution in [0, 0.1) is 11.8 Å². The van der Waals surface area contributed by atoms with E-state index in [4.69, 9.17) is 9.47 Å². The van der Waals surface area contributed by atoms with Crippen LogP contribution >= 0.6 is 0 Å². The number of fused-ring (bicyclic) bond motifs is 2. The third kappa shape index (κ3) is 1.95. The van der Waals surface area contributed by atoms with E-state index in [9.17, 15) is 9.59 Å². The van der Waals surface area contributed by atoms with Gasteiger partial charge in [0.1, 0.15) is 11.5 Å². The van der Waals surface area contributed by atoms with Gasteiger partial charge in [-0.1, -0.05) is 48.6 Å². The maximum absolute atomic E-state index is 13.3. The first-order valence-electron chi connectivity index (χ1n) is 8.97. The van der Waals surface area contributed by atoms with Gasteiger partial charge in [0.15, 0.2) is 0 Å². The van der Waals surface area contributed by atoms with E-state index in [1.54, 1.807) is 11.8 Å². The summed E-state index contributed by atoms with van der Waals surface area (Å²) in [6.07, 6.45) is 3.50. The van der Waals surface area contributed by atoms with Crippen molar-refractivity contribution in [1.29, 1.82) is 0 Å². The van der Waals surface area contributed by atoms with Gasteiger partial charge < -0.3 is 14.4 Å². The Morgan fingerprint density at radius 3 is 2.92 bits per heavy atom. The lowest BCUT2D eigenvalue weighted by molar-refractivity contribution is -0.151. The summed E-state index contributed by atoms with van der Waals surface area (Å²) in [4.78, 5) is 27.6. The summed E-state index contributed by atoms with van der Waals surface area (Å²) in [6.45, 7) is 2.50. The van der Waals surface area contributed by atoms with Crippen molar-refractivity contribution in [2.45, 2.75) is 18.6 Å². The molecule has 1 spiro atoms. The van der Waals surface area contributed by atoms with Crippen LogP contribution in [0.2, 0.25) is 0 Å². The number of benzene rings is 2. The fourth-order valence-corrected chi connectivity index (χ4v) is 4.65. The van der Waals surface area contributed by atoms with E-state index in [2.05, 4.69) is 0 Å². The van der Waals surface area contributed by atoms with E-state index in [1.165, 1.54) is 0 Å². The van der Waals surface area contributed by atoms with Gasteiger partial charge in [0.05, 0.1) is 30.9 Å². The normalized spacial score (nSPS) is 31.7. The monoisotopic (exact) mass is 349 g/mol. The van der Waals surface area contributed by atoms with Crippen LogP contribution in [0.1, 0.15) is 6.92 Å². The lowest BCUT2D eigenvalue weighted by atomic mass is 9.77. The van der Waals surface area contributed by atoms with Gasteiger partial charge in [0.25, 0.3) is 0 Å². The summed E-state index contributed by atoms with van der Waals surface area (Å²) in [6, 6.07) is 13.9. The number of rotatable bonds is 3. The van der Waals surface area contributed by atoms with Gasteiger partial charge in [-0.2, -0.15) is 0 Å². The van der Waals surface area contributed by atoms with Gasteiger partial charge >= 0.3 is 5.97 Å². The topological polar surface area (TPSA) is 55.8 Å². The zero-order valence-corrected chi connectivity index (χ0v) is 14.4. The van der Waals surface area contributed by atoms with Crippen LogP contribution in [0.3, 0.4) is 0 Å². The van der Waals surface area contributed by atoms with Gasteiger partial charge in [-0.05, 0) is 18.4 Å². The fourth-order valence-electron chi connectivity index (χ4n) is 4.65. The Balaban J connectivity index is 1.58. The molecule has 4 atom stereocenters. The SMILES string of the molecule is CCOC(=O)[C@@H]1[C@H]2C=C[C@@]3(CN(c4cccc5ccccc45)C(=O)[C@@H]13)O2. The third-order valence-electron chi connectivity index (χ3n) is 5.72. The molecular formula is C21H19NO4. The van der Waals surface area contributed by atoms with Gasteiger partial charge in [0.2, 0.25) is 5.91 Å². The van der Waals surface area contributed by atoms with Crippen LogP contribution in [-0.4, -0.2) is 36.7 Å². The summed E-state index contributed by atoms with van der Waals surface area (Å²) < 4.78 is 11.3. The van der Waals surface area contributed by atoms with E-state index in [-0.39, 0.29) is 18.0 Å². The molecule has 5 heteroatoms. The molecule has 3 aliphatic heterocycles. The minimum atomic E-state index is -0.726. The summed E-state index contributed by atoms with van der Waals surface area (Å²) in [5.41, 5.74) is 0.135. The average Bonchev–Trinajstić information content (AvgIpc) is 3.30. The molecule has 0 aromatic heterocycles. The Morgan fingerprint density at radius 1 is 1.27 bits per heavy atom. The van der Waals surface area contributed by atoms with Crippen LogP contribution < -0.4 is 4.90 Å². The lowest BCUT2D eigenvalue weighted by Gasteiger charge is -2.22. The Bertz CT molecular complexity index is 947. The Hall–Kier alpha value is -2.66. The molecule has 2 fully saturated rings. The summed E-state index contributed by atoms with van der Waals surface area (Å²) in [5.74, 6) is -1.49. The highest BCUT2D eigenvalue weighted by molar-refractivity contribution is 6.08. The van der Waals surface area contributed by atoms with E-state index in [1.807, 2.05) is 54.6 Å². The second-order valence-electron chi connectivity index (χ2n) is 7.07. The molecule has 1 amide bonds. The standard InChI is InChI=1S/C21H19NO4/c1-2-25-20(24)17-16-10-11-21(26-16)12-22(19(23)18(17)21)15-9-5-7-13-6-3-4-8-14(13)15/h3-11,16-18H,2,12H2,1H3/t16-,17-,18-,21+/m1/s1. The molecule has 2 bridgehead atoms. The zero-order chi connectivity index (χ0) is 17.9. The van der Waals surface area contributed by atoms with Gasteiger partial charge in [-0.3, -0.25) is 9.59 Å². The summed E-state index contributed by atoms with van der Waals surface area (Å²) in [7, 11) is 0. The highest BCUT2D eigenvalue weighted by Gasteiger charge is 2.67.